The molecule has 1 aromatic rings. The number of quaternary nitrogens is 1. The number of hydrogen-bond acceptors (Lipinski definition) is 3. The number of nitrogens with one attached hydrogen (secondary N) is 1. The smallest absolute Gasteiger partial charge is 0.227 e. The van der Waals surface area contributed by atoms with Crippen LogP contribution in [-0.2, 0) is 16.1 Å². The first-order chi connectivity index (χ1) is 12.5. The second-order valence-electron chi connectivity index (χ2n) is 7.70. The lowest BCUT2D eigenvalue weighted by Crippen LogP contribution is -3.13. The lowest BCUT2D eigenvalue weighted by molar-refractivity contribution is -0.917. The van der Waals surface area contributed by atoms with Gasteiger partial charge in [-0.2, -0.15) is 0 Å². The van der Waals surface area contributed by atoms with E-state index in [1.54, 1.807) is 0 Å². The van der Waals surface area contributed by atoms with Gasteiger partial charge in [-0.25, -0.2) is 0 Å². The van der Waals surface area contributed by atoms with Gasteiger partial charge < -0.3 is 19.7 Å². The van der Waals surface area contributed by atoms with E-state index in [9.17, 15) is 14.7 Å². The predicted molar refractivity (Wildman–Crippen MR) is 95.2 cm³/mol. The summed E-state index contributed by atoms with van der Waals surface area (Å²) in [5, 5.41) is 12.3. The van der Waals surface area contributed by atoms with Crippen molar-refractivity contribution in [2.45, 2.75) is 13.0 Å². The molecule has 0 unspecified atom stereocenters. The molecule has 0 spiro atoms. The Bertz CT molecular complexity index is 725. The summed E-state index contributed by atoms with van der Waals surface area (Å²) in [6.45, 7) is 4.03. The molecule has 4 atom stereocenters. The Kier molecular flexibility index (Phi) is 4.76. The van der Waals surface area contributed by atoms with Gasteiger partial charge in [-0.15, -0.1) is 0 Å². The number of allylic oxidation sites excluding steroid dienone is 2. The largest absolute Gasteiger partial charge is 0.550 e. The Morgan fingerprint density at radius 1 is 1.08 bits per heavy atom. The second kappa shape index (κ2) is 7.05. The first-order valence-electron chi connectivity index (χ1n) is 9.29. The predicted octanol–water partition coefficient (Wildman–Crippen LogP) is -0.245. The number of nitrogens with zero attached hydrogens (tertiary/aromatic N) is 1. The number of carboxylic acid groups (broad SMARTS) is 1. The van der Waals surface area contributed by atoms with Crippen LogP contribution in [0.3, 0.4) is 0 Å². The number of benzene rings is 1. The van der Waals surface area contributed by atoms with Gasteiger partial charge in [0.15, 0.2) is 0 Å². The van der Waals surface area contributed by atoms with Crippen molar-refractivity contribution in [1.82, 2.24) is 4.90 Å². The van der Waals surface area contributed by atoms with Crippen molar-refractivity contribution >= 4 is 23.5 Å². The van der Waals surface area contributed by atoms with Crippen molar-refractivity contribution in [3.63, 3.8) is 0 Å². The van der Waals surface area contributed by atoms with Crippen LogP contribution in [0.15, 0.2) is 36.4 Å². The zero-order valence-electron chi connectivity index (χ0n) is 14.6. The van der Waals surface area contributed by atoms with E-state index in [-0.39, 0.29) is 17.7 Å². The fourth-order valence-corrected chi connectivity index (χ4v) is 4.93. The summed E-state index contributed by atoms with van der Waals surface area (Å²) in [5.41, 5.74) is 1.24. The first kappa shape index (κ1) is 17.6. The third kappa shape index (κ3) is 3.26. The van der Waals surface area contributed by atoms with Crippen LogP contribution in [-0.4, -0.2) is 43.0 Å². The highest BCUT2D eigenvalue weighted by Crippen LogP contribution is 2.48. The van der Waals surface area contributed by atoms with E-state index in [2.05, 4.69) is 0 Å². The maximum atomic E-state index is 13.0. The molecule has 6 heteroatoms. The molecule has 138 valence electrons. The number of aliphatic carboxylic acids is 1. The Hall–Kier alpha value is -1.85. The minimum atomic E-state index is -1.08. The van der Waals surface area contributed by atoms with E-state index in [1.807, 2.05) is 41.3 Å². The summed E-state index contributed by atoms with van der Waals surface area (Å²) in [5.74, 6) is -2.14. The number of carbonyl (C=O) groups is 2. The maximum Gasteiger partial charge on any atom is 0.227 e. The summed E-state index contributed by atoms with van der Waals surface area (Å²) in [6.07, 6.45) is 4.74. The van der Waals surface area contributed by atoms with Gasteiger partial charge in [0, 0.05) is 22.5 Å². The van der Waals surface area contributed by atoms with Gasteiger partial charge in [0.1, 0.15) is 6.54 Å². The summed E-state index contributed by atoms with van der Waals surface area (Å²) in [7, 11) is 0. The number of carboxylic acids is 1. The van der Waals surface area contributed by atoms with Gasteiger partial charge in [-0.1, -0.05) is 35.9 Å². The number of carbonyl (C=O) groups excluding carboxylic acids is 2. The third-order valence-corrected chi connectivity index (χ3v) is 6.42. The summed E-state index contributed by atoms with van der Waals surface area (Å²) < 4.78 is 0. The molecule has 1 saturated heterocycles. The topological polar surface area (TPSA) is 64.9 Å². The average molecular weight is 375 g/mol. The molecule has 5 nitrogen and oxygen atoms in total. The van der Waals surface area contributed by atoms with E-state index < -0.39 is 17.8 Å². The number of hydrogen-bond donors (Lipinski definition) is 1. The third-order valence-electron chi connectivity index (χ3n) is 6.17. The Labute approximate surface area is 158 Å². The normalized spacial score (nSPS) is 30.7. The molecule has 2 aliphatic carbocycles. The van der Waals surface area contributed by atoms with Crippen molar-refractivity contribution in [1.29, 1.82) is 0 Å². The van der Waals surface area contributed by atoms with Crippen LogP contribution in [0.5, 0.6) is 0 Å². The molecule has 4 rings (SSSR count). The lowest BCUT2D eigenvalue weighted by atomic mass is 9.82. The van der Waals surface area contributed by atoms with Gasteiger partial charge >= 0.3 is 0 Å². The van der Waals surface area contributed by atoms with Gasteiger partial charge in [0.25, 0.3) is 0 Å². The standard InChI is InChI=1S/C20H23ClN2O3/c21-16-5-1-13(2-6-16)12-22-7-9-23(10-8-22)19(24)17-14-3-4-15(11-14)18(17)20(25)26/h1-6,14-15,17-18H,7-12H2,(H,25,26)/t14-,15-,17+,18+/m1/s1. The van der Waals surface area contributed by atoms with Gasteiger partial charge in [0.05, 0.1) is 32.1 Å². The Balaban J connectivity index is 1.36. The van der Waals surface area contributed by atoms with E-state index in [4.69, 9.17) is 11.6 Å². The minimum Gasteiger partial charge on any atom is -0.550 e. The van der Waals surface area contributed by atoms with Crippen molar-refractivity contribution in [2.24, 2.45) is 23.7 Å². The molecular formula is C20H23ClN2O3. The molecule has 1 amide bonds. The van der Waals surface area contributed by atoms with E-state index in [0.29, 0.717) is 13.1 Å². The summed E-state index contributed by atoms with van der Waals surface area (Å²) in [4.78, 5) is 27.8. The van der Waals surface area contributed by atoms with Gasteiger partial charge in [0.2, 0.25) is 5.91 Å². The zero-order valence-corrected chi connectivity index (χ0v) is 15.3. The van der Waals surface area contributed by atoms with E-state index in [0.717, 1.165) is 31.1 Å². The van der Waals surface area contributed by atoms with Crippen molar-refractivity contribution in [3.8, 4) is 0 Å². The van der Waals surface area contributed by atoms with Crippen LogP contribution < -0.4 is 10.0 Å². The molecular weight excluding hydrogens is 352 g/mol. The van der Waals surface area contributed by atoms with Crippen LogP contribution in [0.25, 0.3) is 0 Å². The number of halogens is 1. The maximum absolute atomic E-state index is 13.0. The summed E-state index contributed by atoms with van der Waals surface area (Å²) >= 11 is 5.93. The van der Waals surface area contributed by atoms with Gasteiger partial charge in [-0.05, 0) is 30.4 Å². The summed E-state index contributed by atoms with van der Waals surface area (Å²) in [6, 6.07) is 7.88. The molecule has 1 heterocycles. The molecule has 1 aliphatic heterocycles. The zero-order chi connectivity index (χ0) is 18.3. The highest BCUT2D eigenvalue weighted by atomic mass is 35.5. The SMILES string of the molecule is O=C([O-])[C@@H]1[C@@H](C(=O)N2CC[NH+](Cc3ccc(Cl)cc3)CC2)[C@@H]2C=C[C@@H]1C2. The molecule has 1 saturated carbocycles. The molecule has 2 bridgehead atoms. The molecule has 1 N–H and O–H groups in total. The van der Waals surface area contributed by atoms with Crippen LogP contribution in [0.1, 0.15) is 12.0 Å². The van der Waals surface area contributed by atoms with E-state index >= 15 is 0 Å². The van der Waals surface area contributed by atoms with Crippen molar-refractivity contribution in [3.05, 3.63) is 47.0 Å². The lowest BCUT2D eigenvalue weighted by Gasteiger charge is -2.37. The fourth-order valence-electron chi connectivity index (χ4n) is 4.80. The first-order valence-corrected chi connectivity index (χ1v) is 9.66. The van der Waals surface area contributed by atoms with Crippen LogP contribution in [0.4, 0.5) is 0 Å². The van der Waals surface area contributed by atoms with Crippen molar-refractivity contribution < 1.29 is 19.6 Å². The Morgan fingerprint density at radius 3 is 2.31 bits per heavy atom. The molecule has 1 aromatic carbocycles. The highest BCUT2D eigenvalue weighted by Gasteiger charge is 2.50. The monoisotopic (exact) mass is 374 g/mol. The second-order valence-corrected chi connectivity index (χ2v) is 8.13. The van der Waals surface area contributed by atoms with E-state index in [1.165, 1.54) is 10.5 Å². The molecule has 2 fully saturated rings. The Morgan fingerprint density at radius 2 is 1.69 bits per heavy atom. The molecule has 3 aliphatic rings. The molecule has 0 aromatic heterocycles. The number of amides is 1. The average Bonchev–Trinajstić information content (AvgIpc) is 3.25. The van der Waals surface area contributed by atoms with Crippen LogP contribution >= 0.6 is 11.6 Å². The highest BCUT2D eigenvalue weighted by molar-refractivity contribution is 6.30. The van der Waals surface area contributed by atoms with Crippen LogP contribution in [0.2, 0.25) is 5.02 Å². The van der Waals surface area contributed by atoms with Crippen LogP contribution in [0, 0.1) is 23.7 Å². The minimum absolute atomic E-state index is 0.00147. The van der Waals surface area contributed by atoms with Crippen molar-refractivity contribution in [2.75, 3.05) is 26.2 Å². The molecule has 0 radical (unpaired) electrons. The number of fused-ring (bicyclic) bond motifs is 2. The molecule has 26 heavy (non-hydrogen) atoms. The number of rotatable bonds is 4. The number of piperazine rings is 1. The quantitative estimate of drug-likeness (QED) is 0.739. The van der Waals surface area contributed by atoms with Gasteiger partial charge in [-0.3, -0.25) is 4.79 Å². The fraction of sp³-hybridized carbons (Fsp3) is 0.500.